The second-order valence-corrected chi connectivity index (χ2v) is 7.11. The van der Waals surface area contributed by atoms with Crippen molar-refractivity contribution >= 4 is 34.6 Å². The van der Waals surface area contributed by atoms with Crippen LogP contribution in [0.4, 0.5) is 4.79 Å². The number of ether oxygens (including phenoxy) is 1. The summed E-state index contributed by atoms with van der Waals surface area (Å²) in [5.74, 6) is -0.628. The van der Waals surface area contributed by atoms with Crippen LogP contribution in [-0.4, -0.2) is 40.5 Å². The first kappa shape index (κ1) is 19.9. The number of urea groups is 1. The Bertz CT molecular complexity index is 865. The van der Waals surface area contributed by atoms with Gasteiger partial charge in [0.15, 0.2) is 5.16 Å². The molecule has 0 spiro atoms. The van der Waals surface area contributed by atoms with Gasteiger partial charge in [-0.2, -0.15) is 0 Å². The minimum atomic E-state index is -0.913. The van der Waals surface area contributed by atoms with Gasteiger partial charge in [-0.15, -0.1) is 0 Å². The summed E-state index contributed by atoms with van der Waals surface area (Å²) in [6, 6.07) is 6.11. The third kappa shape index (κ3) is 4.61. The van der Waals surface area contributed by atoms with Crippen molar-refractivity contribution in [1.29, 1.82) is 0 Å². The monoisotopic (exact) mass is 378 g/mol. The maximum Gasteiger partial charge on any atom is 0.318 e. The fourth-order valence-electron chi connectivity index (χ4n) is 2.42. The lowest BCUT2D eigenvalue weighted by atomic mass is 10.1. The van der Waals surface area contributed by atoms with E-state index in [-0.39, 0.29) is 11.5 Å². The molecular formula is C17H22N4O4S. The van der Waals surface area contributed by atoms with Crippen LogP contribution in [-0.2, 0) is 16.1 Å². The number of rotatable bonds is 7. The number of fused-ring (bicyclic) bond motifs is 1. The van der Waals surface area contributed by atoms with Crippen molar-refractivity contribution in [2.75, 3.05) is 13.7 Å². The number of methoxy groups -OCH3 is 1. The zero-order valence-corrected chi connectivity index (χ0v) is 15.7. The number of hydrogen-bond acceptors (Lipinski definition) is 6. The van der Waals surface area contributed by atoms with Gasteiger partial charge in [0.25, 0.3) is 5.56 Å². The van der Waals surface area contributed by atoms with E-state index in [9.17, 15) is 14.4 Å². The number of nitrogens with zero attached hydrogens (tertiary/aromatic N) is 2. The van der Waals surface area contributed by atoms with Crippen molar-refractivity contribution in [2.24, 2.45) is 11.7 Å². The molecule has 1 aromatic carbocycles. The van der Waals surface area contributed by atoms with E-state index in [1.54, 1.807) is 31.4 Å². The van der Waals surface area contributed by atoms with Crippen molar-refractivity contribution in [3.8, 4) is 0 Å². The van der Waals surface area contributed by atoms with E-state index < -0.39 is 17.2 Å². The minimum absolute atomic E-state index is 0.112. The van der Waals surface area contributed by atoms with Gasteiger partial charge in [-0.25, -0.2) is 9.78 Å². The van der Waals surface area contributed by atoms with E-state index in [1.807, 2.05) is 13.8 Å². The smallest absolute Gasteiger partial charge is 0.318 e. The second kappa shape index (κ2) is 8.81. The van der Waals surface area contributed by atoms with Gasteiger partial charge in [0.05, 0.1) is 29.3 Å². The normalized spacial score (nSPS) is 12.3. The summed E-state index contributed by atoms with van der Waals surface area (Å²) >= 11 is 1.13. The van der Waals surface area contributed by atoms with Crippen LogP contribution in [0.5, 0.6) is 0 Å². The number of nitrogens with two attached hydrogens (primary N) is 1. The third-order valence-electron chi connectivity index (χ3n) is 3.69. The minimum Gasteiger partial charge on any atom is -0.383 e. The maximum absolute atomic E-state index is 12.8. The number of carbonyl (C=O) groups excluding carboxylic acids is 2. The maximum atomic E-state index is 12.8. The predicted octanol–water partition coefficient (Wildman–Crippen LogP) is 1.35. The Kier molecular flexibility index (Phi) is 6.76. The fraction of sp³-hybridized carbons (Fsp3) is 0.412. The molecule has 140 valence electrons. The summed E-state index contributed by atoms with van der Waals surface area (Å²) in [6.45, 7) is 4.32. The summed E-state index contributed by atoms with van der Waals surface area (Å²) in [4.78, 5) is 40.7. The first-order valence-electron chi connectivity index (χ1n) is 8.10. The van der Waals surface area contributed by atoms with Crippen LogP contribution in [0.3, 0.4) is 0 Å². The van der Waals surface area contributed by atoms with Gasteiger partial charge in [0.1, 0.15) is 0 Å². The van der Waals surface area contributed by atoms with Crippen LogP contribution >= 0.6 is 11.8 Å². The summed E-state index contributed by atoms with van der Waals surface area (Å²) in [7, 11) is 1.55. The molecule has 0 saturated heterocycles. The lowest BCUT2D eigenvalue weighted by Gasteiger charge is -2.20. The third-order valence-corrected chi connectivity index (χ3v) is 5.22. The van der Waals surface area contributed by atoms with Crippen LogP contribution in [0, 0.1) is 5.92 Å². The average Bonchev–Trinajstić information content (AvgIpc) is 2.58. The number of amides is 3. The fourth-order valence-corrected chi connectivity index (χ4v) is 3.53. The van der Waals surface area contributed by atoms with Gasteiger partial charge in [-0.1, -0.05) is 37.7 Å². The number of imide groups is 1. The van der Waals surface area contributed by atoms with Gasteiger partial charge in [0, 0.05) is 7.11 Å². The Morgan fingerprint density at radius 1 is 1.35 bits per heavy atom. The molecule has 0 radical (unpaired) electrons. The van der Waals surface area contributed by atoms with E-state index in [4.69, 9.17) is 10.5 Å². The second-order valence-electron chi connectivity index (χ2n) is 6.00. The molecule has 2 rings (SSSR count). The summed E-state index contributed by atoms with van der Waals surface area (Å²) in [5.41, 5.74) is 5.40. The van der Waals surface area contributed by atoms with E-state index in [2.05, 4.69) is 10.3 Å². The van der Waals surface area contributed by atoms with Crippen LogP contribution in [0.15, 0.2) is 34.2 Å². The Balaban J connectivity index is 2.49. The number of hydrogen-bond donors (Lipinski definition) is 2. The van der Waals surface area contributed by atoms with Crippen molar-refractivity contribution in [3.05, 3.63) is 34.6 Å². The summed E-state index contributed by atoms with van der Waals surface area (Å²) in [6.07, 6.45) is 0. The van der Waals surface area contributed by atoms with Crippen LogP contribution in [0.1, 0.15) is 13.8 Å². The molecule has 0 aliphatic heterocycles. The SMILES string of the molecule is COCCn1c(S[C@H](C(=O)NC(N)=O)C(C)C)nc2ccccc2c1=O. The number of aromatic nitrogens is 2. The van der Waals surface area contributed by atoms with Gasteiger partial charge in [-0.3, -0.25) is 19.5 Å². The topological polar surface area (TPSA) is 116 Å². The highest BCUT2D eigenvalue weighted by atomic mass is 32.2. The molecule has 9 heteroatoms. The van der Waals surface area contributed by atoms with Gasteiger partial charge < -0.3 is 10.5 Å². The molecule has 1 heterocycles. The molecule has 3 N–H and O–H groups in total. The Morgan fingerprint density at radius 3 is 2.65 bits per heavy atom. The Labute approximate surface area is 155 Å². The molecule has 8 nitrogen and oxygen atoms in total. The molecule has 1 aromatic heterocycles. The predicted molar refractivity (Wildman–Crippen MR) is 100 cm³/mol. The van der Waals surface area contributed by atoms with Crippen LogP contribution in [0.25, 0.3) is 10.9 Å². The van der Waals surface area contributed by atoms with Gasteiger partial charge >= 0.3 is 6.03 Å². The lowest BCUT2D eigenvalue weighted by Crippen LogP contribution is -2.42. The van der Waals surface area contributed by atoms with Gasteiger partial charge in [0.2, 0.25) is 5.91 Å². The number of benzene rings is 1. The van der Waals surface area contributed by atoms with Crippen LogP contribution in [0.2, 0.25) is 0 Å². The van der Waals surface area contributed by atoms with E-state index in [0.717, 1.165) is 11.8 Å². The largest absolute Gasteiger partial charge is 0.383 e. The molecule has 0 bridgehead atoms. The number of para-hydroxylation sites is 1. The molecule has 0 unspecified atom stereocenters. The average molecular weight is 378 g/mol. The first-order chi connectivity index (χ1) is 12.3. The molecule has 0 fully saturated rings. The Morgan fingerprint density at radius 2 is 2.04 bits per heavy atom. The number of thioether (sulfide) groups is 1. The highest BCUT2D eigenvalue weighted by Gasteiger charge is 2.27. The molecule has 1 atom stereocenters. The van der Waals surface area contributed by atoms with Crippen molar-refractivity contribution in [1.82, 2.24) is 14.9 Å². The first-order valence-corrected chi connectivity index (χ1v) is 8.98. The molecule has 0 aliphatic rings. The summed E-state index contributed by atoms with van der Waals surface area (Å²) < 4.78 is 6.57. The molecule has 26 heavy (non-hydrogen) atoms. The highest BCUT2D eigenvalue weighted by molar-refractivity contribution is 8.00. The standard InChI is InChI=1S/C17H22N4O4S/c1-10(2)13(14(22)20-16(18)24)26-17-19-12-7-5-4-6-11(12)15(23)21(17)8-9-25-3/h4-7,10,13H,8-9H2,1-3H3,(H3,18,20,22,24)/t13-/m0/s1. The highest BCUT2D eigenvalue weighted by Crippen LogP contribution is 2.27. The zero-order valence-electron chi connectivity index (χ0n) is 14.9. The van der Waals surface area contributed by atoms with Crippen molar-refractivity contribution in [3.63, 3.8) is 0 Å². The van der Waals surface area contributed by atoms with E-state index in [1.165, 1.54) is 4.57 Å². The molecular weight excluding hydrogens is 356 g/mol. The molecule has 0 saturated carbocycles. The van der Waals surface area contributed by atoms with E-state index >= 15 is 0 Å². The van der Waals surface area contributed by atoms with Crippen LogP contribution < -0.4 is 16.6 Å². The number of primary amides is 1. The lowest BCUT2D eigenvalue weighted by molar-refractivity contribution is -0.120. The Hall–Kier alpha value is -2.39. The quantitative estimate of drug-likeness (QED) is 0.555. The number of nitrogens with one attached hydrogen (secondary N) is 1. The van der Waals surface area contributed by atoms with E-state index in [0.29, 0.717) is 29.2 Å². The molecule has 3 amide bonds. The van der Waals surface area contributed by atoms with Crippen molar-refractivity contribution in [2.45, 2.75) is 30.8 Å². The molecule has 2 aromatic rings. The van der Waals surface area contributed by atoms with Gasteiger partial charge in [-0.05, 0) is 18.1 Å². The zero-order chi connectivity index (χ0) is 19.3. The van der Waals surface area contributed by atoms with Crippen molar-refractivity contribution < 1.29 is 14.3 Å². The number of carbonyl (C=O) groups is 2. The molecule has 0 aliphatic carbocycles. The summed E-state index contributed by atoms with van der Waals surface area (Å²) in [5, 5.41) is 2.35.